The van der Waals surface area contributed by atoms with Crippen LogP contribution in [0.4, 0.5) is 0 Å². The van der Waals surface area contributed by atoms with Gasteiger partial charge in [0.2, 0.25) is 0 Å². The van der Waals surface area contributed by atoms with E-state index in [0.29, 0.717) is 6.10 Å². The molecular formula is C15H18N2OS. The van der Waals surface area contributed by atoms with E-state index < -0.39 is 0 Å². The number of hydrogen-bond acceptors (Lipinski definition) is 4. The summed E-state index contributed by atoms with van der Waals surface area (Å²) >= 11 is 1.69. The van der Waals surface area contributed by atoms with Crippen LogP contribution in [-0.2, 0) is 0 Å². The molecular weight excluding hydrogens is 256 g/mol. The molecule has 100 valence electrons. The number of aryl methyl sites for hydroxylation is 1. The molecule has 3 rings (SSSR count). The molecule has 1 aliphatic carbocycles. The van der Waals surface area contributed by atoms with Crippen LogP contribution in [-0.4, -0.2) is 18.1 Å². The van der Waals surface area contributed by atoms with Crippen LogP contribution in [0.25, 0.3) is 0 Å². The first-order valence-electron chi connectivity index (χ1n) is 6.62. The first-order chi connectivity index (χ1) is 9.28. The van der Waals surface area contributed by atoms with E-state index in [4.69, 9.17) is 4.74 Å². The fraction of sp³-hybridized carbons (Fsp3) is 0.400. The molecule has 1 fully saturated rings. The van der Waals surface area contributed by atoms with E-state index in [2.05, 4.69) is 35.4 Å². The van der Waals surface area contributed by atoms with Gasteiger partial charge in [0.15, 0.2) is 0 Å². The summed E-state index contributed by atoms with van der Waals surface area (Å²) in [5.74, 6) is 0.974. The van der Waals surface area contributed by atoms with E-state index in [0.717, 1.165) is 11.4 Å². The molecule has 0 amide bonds. The quantitative estimate of drug-likeness (QED) is 0.908. The smallest absolute Gasteiger partial charge is 0.120 e. The van der Waals surface area contributed by atoms with Crippen molar-refractivity contribution < 1.29 is 4.74 Å². The van der Waals surface area contributed by atoms with Gasteiger partial charge in [-0.1, -0.05) is 12.1 Å². The lowest BCUT2D eigenvalue weighted by atomic mass is 10.0. The molecule has 1 aromatic carbocycles. The van der Waals surface area contributed by atoms with Crippen LogP contribution in [0.1, 0.15) is 35.0 Å². The Bertz CT molecular complexity index is 563. The van der Waals surface area contributed by atoms with Crippen LogP contribution in [0.5, 0.6) is 5.75 Å². The molecule has 0 bridgehead atoms. The van der Waals surface area contributed by atoms with Gasteiger partial charge in [0.1, 0.15) is 5.75 Å². The number of aromatic nitrogens is 1. The van der Waals surface area contributed by atoms with Crippen LogP contribution >= 0.6 is 11.3 Å². The summed E-state index contributed by atoms with van der Waals surface area (Å²) in [6.07, 6.45) is 2.81. The Kier molecular flexibility index (Phi) is 3.53. The van der Waals surface area contributed by atoms with Crippen LogP contribution in [0, 0.1) is 6.92 Å². The second kappa shape index (κ2) is 5.31. The van der Waals surface area contributed by atoms with Gasteiger partial charge in [0, 0.05) is 4.88 Å². The van der Waals surface area contributed by atoms with Crippen molar-refractivity contribution >= 4 is 11.3 Å². The lowest BCUT2D eigenvalue weighted by molar-refractivity contribution is 0.302. The number of ether oxygens (including phenoxy) is 1. The molecule has 4 heteroatoms. The zero-order valence-electron chi connectivity index (χ0n) is 11.2. The van der Waals surface area contributed by atoms with E-state index in [9.17, 15) is 0 Å². The van der Waals surface area contributed by atoms with Crippen molar-refractivity contribution in [3.8, 4) is 5.75 Å². The summed E-state index contributed by atoms with van der Waals surface area (Å²) in [6, 6.07) is 8.57. The fourth-order valence-electron chi connectivity index (χ4n) is 2.18. The van der Waals surface area contributed by atoms with Crippen LogP contribution in [0.15, 0.2) is 29.8 Å². The van der Waals surface area contributed by atoms with Gasteiger partial charge in [-0.05, 0) is 44.5 Å². The minimum Gasteiger partial charge on any atom is -0.490 e. The summed E-state index contributed by atoms with van der Waals surface area (Å²) in [7, 11) is 1.98. The van der Waals surface area contributed by atoms with Crippen LogP contribution in [0.2, 0.25) is 0 Å². The summed E-state index contributed by atoms with van der Waals surface area (Å²) in [4.78, 5) is 5.61. The van der Waals surface area contributed by atoms with Crippen molar-refractivity contribution in [3.63, 3.8) is 0 Å². The van der Waals surface area contributed by atoms with Gasteiger partial charge >= 0.3 is 0 Å². The summed E-state index contributed by atoms with van der Waals surface area (Å²) in [5, 5.41) is 3.37. The highest BCUT2D eigenvalue weighted by Gasteiger charge is 2.24. The maximum Gasteiger partial charge on any atom is 0.120 e. The Hall–Kier alpha value is -1.39. The standard InChI is InChI=1S/C15H18N2OS/c1-10-15(19-9-17-10)14(16-2)11-4-3-5-13(8-11)18-12-6-7-12/h3-5,8-9,12,14,16H,6-7H2,1-2H3. The Balaban J connectivity index is 1.88. The molecule has 1 N–H and O–H groups in total. The van der Waals surface area contributed by atoms with Crippen molar-refractivity contribution in [3.05, 3.63) is 45.9 Å². The van der Waals surface area contributed by atoms with Crippen molar-refractivity contribution in [2.45, 2.75) is 31.9 Å². The normalized spacial score (nSPS) is 16.3. The summed E-state index contributed by atoms with van der Waals surface area (Å²) in [5.41, 5.74) is 4.23. The second-order valence-electron chi connectivity index (χ2n) is 4.91. The molecule has 1 aliphatic rings. The molecule has 1 aromatic heterocycles. The highest BCUT2D eigenvalue weighted by atomic mass is 32.1. The maximum atomic E-state index is 5.87. The molecule has 0 radical (unpaired) electrons. The summed E-state index contributed by atoms with van der Waals surface area (Å²) < 4.78 is 5.87. The number of benzene rings is 1. The maximum absolute atomic E-state index is 5.87. The fourth-order valence-corrected chi connectivity index (χ4v) is 3.12. The first kappa shape index (κ1) is 12.6. The minimum atomic E-state index is 0.190. The molecule has 1 unspecified atom stereocenters. The lowest BCUT2D eigenvalue weighted by Crippen LogP contribution is -2.17. The van der Waals surface area contributed by atoms with Crippen molar-refractivity contribution in [2.24, 2.45) is 0 Å². The largest absolute Gasteiger partial charge is 0.490 e. The molecule has 0 saturated heterocycles. The van der Waals surface area contributed by atoms with E-state index in [1.807, 2.05) is 18.6 Å². The molecule has 0 spiro atoms. The van der Waals surface area contributed by atoms with E-state index in [1.165, 1.54) is 23.3 Å². The number of nitrogens with zero attached hydrogens (tertiary/aromatic N) is 1. The van der Waals surface area contributed by atoms with E-state index >= 15 is 0 Å². The van der Waals surface area contributed by atoms with Gasteiger partial charge in [-0.15, -0.1) is 11.3 Å². The number of rotatable bonds is 5. The molecule has 0 aliphatic heterocycles. The Morgan fingerprint density at radius 2 is 2.26 bits per heavy atom. The van der Waals surface area contributed by atoms with Crippen molar-refractivity contribution in [1.82, 2.24) is 10.3 Å². The predicted molar refractivity (Wildman–Crippen MR) is 77.8 cm³/mol. The Morgan fingerprint density at radius 3 is 2.89 bits per heavy atom. The highest BCUT2D eigenvalue weighted by Crippen LogP contribution is 2.31. The second-order valence-corrected chi connectivity index (χ2v) is 5.80. The third-order valence-electron chi connectivity index (χ3n) is 3.35. The molecule has 2 aromatic rings. The van der Waals surface area contributed by atoms with Crippen molar-refractivity contribution in [2.75, 3.05) is 7.05 Å². The SMILES string of the molecule is CNC(c1cccc(OC2CC2)c1)c1scnc1C. The zero-order valence-corrected chi connectivity index (χ0v) is 12.0. The van der Waals surface area contributed by atoms with Crippen molar-refractivity contribution in [1.29, 1.82) is 0 Å². The lowest BCUT2D eigenvalue weighted by Gasteiger charge is -2.17. The predicted octanol–water partition coefficient (Wildman–Crippen LogP) is 3.30. The number of thiazole rings is 1. The molecule has 1 atom stereocenters. The van der Waals surface area contributed by atoms with Gasteiger partial charge in [-0.3, -0.25) is 0 Å². The minimum absolute atomic E-state index is 0.190. The third kappa shape index (κ3) is 2.80. The number of hydrogen-bond donors (Lipinski definition) is 1. The van der Waals surface area contributed by atoms with Gasteiger partial charge in [0.25, 0.3) is 0 Å². The average Bonchev–Trinajstić information content (AvgIpc) is 3.13. The van der Waals surface area contributed by atoms with Gasteiger partial charge < -0.3 is 10.1 Å². The van der Waals surface area contributed by atoms with Crippen LogP contribution in [0.3, 0.4) is 0 Å². The third-order valence-corrected chi connectivity index (χ3v) is 4.35. The summed E-state index contributed by atoms with van der Waals surface area (Å²) in [6.45, 7) is 2.06. The van der Waals surface area contributed by atoms with E-state index in [1.54, 1.807) is 11.3 Å². The Morgan fingerprint density at radius 1 is 1.42 bits per heavy atom. The Labute approximate surface area is 117 Å². The zero-order chi connectivity index (χ0) is 13.2. The number of nitrogens with one attached hydrogen (secondary N) is 1. The van der Waals surface area contributed by atoms with E-state index in [-0.39, 0.29) is 6.04 Å². The topological polar surface area (TPSA) is 34.1 Å². The average molecular weight is 274 g/mol. The van der Waals surface area contributed by atoms with Gasteiger partial charge in [-0.2, -0.15) is 0 Å². The molecule has 1 heterocycles. The monoisotopic (exact) mass is 274 g/mol. The highest BCUT2D eigenvalue weighted by molar-refractivity contribution is 7.09. The van der Waals surface area contributed by atoms with Crippen LogP contribution < -0.4 is 10.1 Å². The van der Waals surface area contributed by atoms with Gasteiger partial charge in [0.05, 0.1) is 23.4 Å². The molecule has 3 nitrogen and oxygen atoms in total. The first-order valence-corrected chi connectivity index (χ1v) is 7.50. The molecule has 19 heavy (non-hydrogen) atoms. The molecule has 1 saturated carbocycles. The van der Waals surface area contributed by atoms with Gasteiger partial charge in [-0.25, -0.2) is 4.98 Å².